The Hall–Kier alpha value is -2.42. The normalized spacial score (nSPS) is 12.4. The van der Waals surface area contributed by atoms with Crippen molar-refractivity contribution in [1.29, 1.82) is 0 Å². The Morgan fingerprint density at radius 2 is 1.85 bits per heavy atom. The number of benzene rings is 2. The van der Waals surface area contributed by atoms with E-state index in [4.69, 9.17) is 16.7 Å². The van der Waals surface area contributed by atoms with E-state index in [1.54, 1.807) is 31.2 Å². The van der Waals surface area contributed by atoms with Crippen LogP contribution >= 0.6 is 11.6 Å². The number of carboxylic acids is 1. The van der Waals surface area contributed by atoms with Gasteiger partial charge >= 0.3 is 5.97 Å². The van der Waals surface area contributed by atoms with E-state index in [2.05, 4.69) is 10.0 Å². The van der Waals surface area contributed by atoms with Crippen LogP contribution in [0.1, 0.15) is 35.3 Å². The van der Waals surface area contributed by atoms with Crippen LogP contribution in [0.2, 0.25) is 5.02 Å². The molecule has 27 heavy (non-hydrogen) atoms. The standard InChI is InChI=1S/C18H19ClN2O5S/c1-2-20-27(25,26)13-7-5-6-12(10-13)18(24)21-16(11-17(22)23)14-8-3-4-9-15(14)19/h3-10,16,20H,2,11H2,1H3,(H,21,24)(H,22,23). The van der Waals surface area contributed by atoms with Crippen molar-refractivity contribution in [2.75, 3.05) is 6.54 Å². The van der Waals surface area contributed by atoms with Crippen LogP contribution in [0.25, 0.3) is 0 Å². The lowest BCUT2D eigenvalue weighted by molar-refractivity contribution is -0.137. The van der Waals surface area contributed by atoms with Crippen molar-refractivity contribution in [2.45, 2.75) is 24.3 Å². The molecule has 2 aromatic rings. The van der Waals surface area contributed by atoms with Gasteiger partial charge in [0.15, 0.2) is 0 Å². The van der Waals surface area contributed by atoms with Gasteiger partial charge in [-0.3, -0.25) is 9.59 Å². The summed E-state index contributed by atoms with van der Waals surface area (Å²) in [6.45, 7) is 1.86. The summed E-state index contributed by atoms with van der Waals surface area (Å²) in [6.07, 6.45) is -0.370. The molecular weight excluding hydrogens is 392 g/mol. The maximum atomic E-state index is 12.6. The Labute approximate surface area is 162 Å². The molecule has 9 heteroatoms. The molecule has 0 saturated carbocycles. The average Bonchev–Trinajstić information content (AvgIpc) is 2.61. The van der Waals surface area contributed by atoms with E-state index in [-0.39, 0.29) is 23.4 Å². The molecule has 1 unspecified atom stereocenters. The van der Waals surface area contributed by atoms with Gasteiger partial charge in [0.05, 0.1) is 17.4 Å². The minimum Gasteiger partial charge on any atom is -0.481 e. The van der Waals surface area contributed by atoms with Gasteiger partial charge < -0.3 is 10.4 Å². The highest BCUT2D eigenvalue weighted by molar-refractivity contribution is 7.89. The molecule has 0 saturated heterocycles. The van der Waals surface area contributed by atoms with E-state index in [1.807, 2.05) is 0 Å². The molecule has 0 spiro atoms. The van der Waals surface area contributed by atoms with Crippen LogP contribution in [-0.2, 0) is 14.8 Å². The Balaban J connectivity index is 2.30. The number of aliphatic carboxylic acids is 1. The molecule has 1 amide bonds. The minimum atomic E-state index is -3.72. The molecule has 3 N–H and O–H groups in total. The van der Waals surface area contributed by atoms with Crippen LogP contribution in [-0.4, -0.2) is 31.9 Å². The summed E-state index contributed by atoms with van der Waals surface area (Å²) < 4.78 is 26.6. The fourth-order valence-corrected chi connectivity index (χ4v) is 3.84. The van der Waals surface area contributed by atoms with Crippen molar-refractivity contribution in [3.8, 4) is 0 Å². The third-order valence-electron chi connectivity index (χ3n) is 3.71. The third kappa shape index (κ3) is 5.53. The van der Waals surface area contributed by atoms with Crippen molar-refractivity contribution in [2.24, 2.45) is 0 Å². The van der Waals surface area contributed by atoms with Gasteiger partial charge in [0.2, 0.25) is 10.0 Å². The summed E-state index contributed by atoms with van der Waals surface area (Å²) in [6, 6.07) is 11.2. The van der Waals surface area contributed by atoms with Crippen LogP contribution < -0.4 is 10.0 Å². The number of carbonyl (C=O) groups excluding carboxylic acids is 1. The second-order valence-corrected chi connectivity index (χ2v) is 7.85. The molecule has 0 aliphatic rings. The van der Waals surface area contributed by atoms with Gasteiger partial charge in [-0.1, -0.05) is 42.8 Å². The molecule has 2 rings (SSSR count). The molecule has 0 fully saturated rings. The smallest absolute Gasteiger partial charge is 0.305 e. The van der Waals surface area contributed by atoms with E-state index in [1.165, 1.54) is 24.3 Å². The van der Waals surface area contributed by atoms with Crippen LogP contribution in [0.5, 0.6) is 0 Å². The topological polar surface area (TPSA) is 113 Å². The SMILES string of the molecule is CCNS(=O)(=O)c1cccc(C(=O)NC(CC(=O)O)c2ccccc2Cl)c1. The average molecular weight is 411 g/mol. The molecule has 0 aliphatic heterocycles. The summed E-state index contributed by atoms with van der Waals surface area (Å²) in [7, 11) is -3.72. The molecule has 0 bridgehead atoms. The van der Waals surface area contributed by atoms with Crippen LogP contribution in [0.3, 0.4) is 0 Å². The largest absolute Gasteiger partial charge is 0.481 e. The first-order valence-electron chi connectivity index (χ1n) is 8.11. The number of carboxylic acid groups (broad SMARTS) is 1. The summed E-state index contributed by atoms with van der Waals surface area (Å²) in [5.41, 5.74) is 0.558. The number of carbonyl (C=O) groups is 2. The van der Waals surface area contributed by atoms with Crippen LogP contribution in [0.15, 0.2) is 53.4 Å². The number of rotatable bonds is 8. The Morgan fingerprint density at radius 3 is 2.48 bits per heavy atom. The molecule has 7 nitrogen and oxygen atoms in total. The highest BCUT2D eigenvalue weighted by Crippen LogP contribution is 2.25. The zero-order chi connectivity index (χ0) is 20.0. The Bertz CT molecular complexity index is 946. The van der Waals surface area contributed by atoms with Gasteiger partial charge in [-0.25, -0.2) is 13.1 Å². The van der Waals surface area contributed by atoms with Crippen molar-refractivity contribution >= 4 is 33.5 Å². The summed E-state index contributed by atoms with van der Waals surface area (Å²) in [5.74, 6) is -1.71. The Kier molecular flexibility index (Phi) is 6.95. The number of halogens is 1. The van der Waals surface area contributed by atoms with Gasteiger partial charge in [-0.2, -0.15) is 0 Å². The summed E-state index contributed by atoms with van der Waals surface area (Å²) in [4.78, 5) is 23.7. The number of amides is 1. The molecule has 2 aromatic carbocycles. The lowest BCUT2D eigenvalue weighted by Gasteiger charge is -2.19. The van der Waals surface area contributed by atoms with Crippen molar-refractivity contribution < 1.29 is 23.1 Å². The first-order valence-corrected chi connectivity index (χ1v) is 9.97. The lowest BCUT2D eigenvalue weighted by Crippen LogP contribution is -2.30. The Morgan fingerprint density at radius 1 is 1.15 bits per heavy atom. The van der Waals surface area contributed by atoms with Gasteiger partial charge in [-0.05, 0) is 29.8 Å². The summed E-state index contributed by atoms with van der Waals surface area (Å²) in [5, 5.41) is 12.1. The molecule has 0 radical (unpaired) electrons. The van der Waals surface area contributed by atoms with Crippen molar-refractivity contribution in [3.05, 3.63) is 64.7 Å². The van der Waals surface area contributed by atoms with Crippen molar-refractivity contribution in [1.82, 2.24) is 10.0 Å². The minimum absolute atomic E-state index is 0.0514. The fraction of sp³-hybridized carbons (Fsp3) is 0.222. The van der Waals surface area contributed by atoms with E-state index in [0.29, 0.717) is 10.6 Å². The zero-order valence-corrected chi connectivity index (χ0v) is 16.0. The van der Waals surface area contributed by atoms with Crippen molar-refractivity contribution in [3.63, 3.8) is 0 Å². The monoisotopic (exact) mass is 410 g/mol. The molecule has 144 valence electrons. The van der Waals surface area contributed by atoms with E-state index < -0.39 is 27.9 Å². The highest BCUT2D eigenvalue weighted by atomic mass is 35.5. The molecule has 1 atom stereocenters. The van der Waals surface area contributed by atoms with Gasteiger partial charge in [0.1, 0.15) is 0 Å². The first kappa shape index (κ1) is 20.9. The van der Waals surface area contributed by atoms with Gasteiger partial charge in [-0.15, -0.1) is 0 Å². The molecular formula is C18H19ClN2O5S. The van der Waals surface area contributed by atoms with Gasteiger partial charge in [0.25, 0.3) is 5.91 Å². The van der Waals surface area contributed by atoms with Crippen LogP contribution in [0, 0.1) is 0 Å². The van der Waals surface area contributed by atoms with E-state index >= 15 is 0 Å². The second-order valence-electron chi connectivity index (χ2n) is 5.67. The quantitative estimate of drug-likeness (QED) is 0.619. The lowest BCUT2D eigenvalue weighted by atomic mass is 10.0. The highest BCUT2D eigenvalue weighted by Gasteiger charge is 2.22. The number of hydrogen-bond donors (Lipinski definition) is 3. The fourth-order valence-electron chi connectivity index (χ4n) is 2.49. The molecule has 0 heterocycles. The zero-order valence-electron chi connectivity index (χ0n) is 14.5. The third-order valence-corrected chi connectivity index (χ3v) is 5.59. The van der Waals surface area contributed by atoms with Crippen LogP contribution in [0.4, 0.5) is 0 Å². The molecule has 0 aliphatic carbocycles. The number of sulfonamides is 1. The van der Waals surface area contributed by atoms with E-state index in [0.717, 1.165) is 0 Å². The predicted octanol–water partition coefficient (Wildman–Crippen LogP) is 2.58. The van der Waals surface area contributed by atoms with E-state index in [9.17, 15) is 18.0 Å². The number of hydrogen-bond acceptors (Lipinski definition) is 4. The first-order chi connectivity index (χ1) is 12.7. The maximum Gasteiger partial charge on any atom is 0.305 e. The van der Waals surface area contributed by atoms with Gasteiger partial charge in [0, 0.05) is 17.1 Å². The second kappa shape index (κ2) is 8.98. The number of nitrogens with one attached hydrogen (secondary N) is 2. The maximum absolute atomic E-state index is 12.6. The molecule has 0 aromatic heterocycles. The predicted molar refractivity (Wildman–Crippen MR) is 101 cm³/mol. The summed E-state index contributed by atoms with van der Waals surface area (Å²) >= 11 is 6.12.